The summed E-state index contributed by atoms with van der Waals surface area (Å²) in [4.78, 5) is 0. The Labute approximate surface area is 162 Å². The summed E-state index contributed by atoms with van der Waals surface area (Å²) in [6.07, 6.45) is 0.839. The molecule has 0 fully saturated rings. The van der Waals surface area contributed by atoms with E-state index in [9.17, 15) is 0 Å². The van der Waals surface area contributed by atoms with E-state index in [-0.39, 0.29) is 21.5 Å². The average Bonchev–Trinajstić information content (AvgIpc) is 2.20. The van der Waals surface area contributed by atoms with E-state index in [1.54, 1.807) is 0 Å². The fourth-order valence-corrected chi connectivity index (χ4v) is 16.8. The van der Waals surface area contributed by atoms with Crippen LogP contribution in [0.1, 0.15) is 21.3 Å². The highest BCUT2D eigenvalue weighted by Gasteiger charge is 2.49. The van der Waals surface area contributed by atoms with Gasteiger partial charge in [-0.25, -0.2) is 0 Å². The lowest BCUT2D eigenvalue weighted by atomic mass is 10.5. The van der Waals surface area contributed by atoms with Gasteiger partial charge in [-0.15, -0.1) is 0 Å². The van der Waals surface area contributed by atoms with Crippen LogP contribution in [0.15, 0.2) is 0 Å². The Bertz CT molecular complexity index is 294. The second kappa shape index (κ2) is 12.2. The molecule has 5 nitrogen and oxygen atoms in total. The molecular weight excluding hydrogens is 385 g/mol. The molecule has 0 saturated heterocycles. The van der Waals surface area contributed by atoms with Crippen molar-refractivity contribution in [1.82, 2.24) is 0 Å². The van der Waals surface area contributed by atoms with Gasteiger partial charge >= 0.3 is 8.80 Å². The van der Waals surface area contributed by atoms with Crippen molar-refractivity contribution in [3.05, 3.63) is 0 Å². The van der Waals surface area contributed by atoms with Gasteiger partial charge < -0.3 is 22.2 Å². The number of hydrogen-bond acceptors (Lipinski definition) is 5. The largest absolute Gasteiger partial charge is 0.469 e. The molecule has 9 heteroatoms. The Hall–Kier alpha value is 0.668. The SMILES string of the molecule is C.C.C[Si](C)(C)O[Si](CCCOCCO)(O[Si](C)(C)C)O[Si](C)(C)C. The van der Waals surface area contributed by atoms with Crippen molar-refractivity contribution in [3.8, 4) is 0 Å². The molecule has 0 aliphatic heterocycles. The Balaban J connectivity index is -0.00000242. The maximum absolute atomic E-state index is 8.81. The first-order valence-electron chi connectivity index (χ1n) is 8.47. The van der Waals surface area contributed by atoms with E-state index in [0.717, 1.165) is 12.5 Å². The number of ether oxygens (including phenoxy) is 1. The van der Waals surface area contributed by atoms with Gasteiger partial charge in [0.05, 0.1) is 13.2 Å². The van der Waals surface area contributed by atoms with Crippen molar-refractivity contribution in [2.24, 2.45) is 0 Å². The Morgan fingerprint density at radius 3 is 1.28 bits per heavy atom. The third-order valence-corrected chi connectivity index (χ3v) is 14.4. The molecule has 1 N–H and O–H groups in total. The molecule has 0 aromatic carbocycles. The quantitative estimate of drug-likeness (QED) is 0.342. The van der Waals surface area contributed by atoms with Gasteiger partial charge in [-0.1, -0.05) is 14.9 Å². The van der Waals surface area contributed by atoms with E-state index >= 15 is 0 Å². The second-order valence-electron chi connectivity index (χ2n) is 8.77. The van der Waals surface area contributed by atoms with E-state index in [0.29, 0.717) is 13.2 Å². The van der Waals surface area contributed by atoms with Crippen LogP contribution in [0.25, 0.3) is 0 Å². The zero-order valence-electron chi connectivity index (χ0n) is 16.6. The second-order valence-corrected chi connectivity index (χ2v) is 25.8. The summed E-state index contributed by atoms with van der Waals surface area (Å²) in [6, 6.07) is 0.789. The normalized spacial score (nSPS) is 13.2. The van der Waals surface area contributed by atoms with Gasteiger partial charge in [0, 0.05) is 12.7 Å². The summed E-state index contributed by atoms with van der Waals surface area (Å²) >= 11 is 0. The Morgan fingerprint density at radius 2 is 1.00 bits per heavy atom. The molecule has 0 aromatic rings. The molecule has 0 bridgehead atoms. The van der Waals surface area contributed by atoms with Crippen LogP contribution in [0.3, 0.4) is 0 Å². The predicted octanol–water partition coefficient (Wildman–Crippen LogP) is 5.15. The smallest absolute Gasteiger partial charge is 0.417 e. The monoisotopic (exact) mass is 430 g/mol. The number of aliphatic hydroxyl groups is 1. The minimum Gasteiger partial charge on any atom is -0.417 e. The molecule has 0 atom stereocenters. The lowest BCUT2D eigenvalue weighted by Gasteiger charge is -2.42. The lowest BCUT2D eigenvalue weighted by Crippen LogP contribution is -2.60. The van der Waals surface area contributed by atoms with Crippen molar-refractivity contribution in [2.75, 3.05) is 19.8 Å². The van der Waals surface area contributed by atoms with Gasteiger partial charge in [-0.05, 0) is 65.3 Å². The topological polar surface area (TPSA) is 57.2 Å². The van der Waals surface area contributed by atoms with Crippen LogP contribution in [0.5, 0.6) is 0 Å². The first-order valence-corrected chi connectivity index (χ1v) is 20.6. The summed E-state index contributed by atoms with van der Waals surface area (Å²) in [7, 11) is -8.10. The lowest BCUT2D eigenvalue weighted by molar-refractivity contribution is 0.0908. The first-order chi connectivity index (χ1) is 10.2. The molecule has 0 spiro atoms. The zero-order chi connectivity index (χ0) is 18.4. The predicted molar refractivity (Wildman–Crippen MR) is 120 cm³/mol. The van der Waals surface area contributed by atoms with Crippen molar-refractivity contribution >= 4 is 33.8 Å². The van der Waals surface area contributed by atoms with Gasteiger partial charge in [-0.2, -0.15) is 0 Å². The van der Waals surface area contributed by atoms with Crippen molar-refractivity contribution in [1.29, 1.82) is 0 Å². The van der Waals surface area contributed by atoms with Crippen LogP contribution < -0.4 is 0 Å². The standard InChI is InChI=1S/C14H38O5Si4.2CH4/c1-20(2,3)17-23(18-21(4,5)6,19-22(7,8)9)14-10-12-16-13-11-15;;/h15H,10-14H2,1-9H3;2*1H4. The summed E-state index contributed by atoms with van der Waals surface area (Å²) in [6.45, 7) is 20.8. The van der Waals surface area contributed by atoms with E-state index < -0.39 is 33.8 Å². The maximum Gasteiger partial charge on any atom is 0.469 e. The van der Waals surface area contributed by atoms with Crippen molar-refractivity contribution in [2.45, 2.75) is 86.2 Å². The minimum atomic E-state index is -2.72. The molecule has 156 valence electrons. The summed E-state index contributed by atoms with van der Waals surface area (Å²) in [5, 5.41) is 8.81. The molecule has 0 unspecified atom stereocenters. The molecule has 0 radical (unpaired) electrons. The highest BCUT2D eigenvalue weighted by molar-refractivity contribution is 6.90. The number of rotatable bonds is 12. The van der Waals surface area contributed by atoms with Gasteiger partial charge in [0.1, 0.15) is 0 Å². The van der Waals surface area contributed by atoms with Crippen LogP contribution in [-0.2, 0) is 17.1 Å². The van der Waals surface area contributed by atoms with Gasteiger partial charge in [0.25, 0.3) is 0 Å². The Kier molecular flexibility index (Phi) is 14.8. The molecule has 25 heavy (non-hydrogen) atoms. The minimum absolute atomic E-state index is 0. The zero-order valence-corrected chi connectivity index (χ0v) is 20.6. The van der Waals surface area contributed by atoms with Crippen LogP contribution in [0.2, 0.25) is 65.0 Å². The summed E-state index contributed by atoms with van der Waals surface area (Å²) in [5.41, 5.74) is 0. The van der Waals surface area contributed by atoms with E-state index in [4.69, 9.17) is 22.2 Å². The fourth-order valence-electron chi connectivity index (χ4n) is 2.17. The van der Waals surface area contributed by atoms with Gasteiger partial charge in [0.15, 0.2) is 25.0 Å². The van der Waals surface area contributed by atoms with Crippen LogP contribution in [0.4, 0.5) is 0 Å². The third-order valence-electron chi connectivity index (χ3n) is 2.39. The highest BCUT2D eigenvalue weighted by Crippen LogP contribution is 2.29. The van der Waals surface area contributed by atoms with E-state index in [1.165, 1.54) is 0 Å². The fraction of sp³-hybridized carbons (Fsp3) is 1.00. The van der Waals surface area contributed by atoms with Crippen LogP contribution >= 0.6 is 0 Å². The maximum atomic E-state index is 8.81. The number of aliphatic hydroxyl groups excluding tert-OH is 1. The van der Waals surface area contributed by atoms with E-state index in [2.05, 4.69) is 58.9 Å². The highest BCUT2D eigenvalue weighted by atomic mass is 28.5. The average molecular weight is 431 g/mol. The molecular formula is C16H46O5Si4. The van der Waals surface area contributed by atoms with Gasteiger partial charge in [0.2, 0.25) is 0 Å². The summed E-state index contributed by atoms with van der Waals surface area (Å²) < 4.78 is 25.2. The van der Waals surface area contributed by atoms with Gasteiger partial charge in [-0.3, -0.25) is 0 Å². The number of hydrogen-bond donors (Lipinski definition) is 1. The molecule has 0 rings (SSSR count). The van der Waals surface area contributed by atoms with E-state index in [1.807, 2.05) is 0 Å². The summed E-state index contributed by atoms with van der Waals surface area (Å²) in [5.74, 6) is 0. The van der Waals surface area contributed by atoms with Crippen LogP contribution in [-0.4, -0.2) is 58.7 Å². The molecule has 0 aromatic heterocycles. The molecule has 0 saturated carbocycles. The molecule has 0 aliphatic carbocycles. The van der Waals surface area contributed by atoms with Crippen LogP contribution in [0, 0.1) is 0 Å². The van der Waals surface area contributed by atoms with Crippen molar-refractivity contribution < 1.29 is 22.2 Å². The third kappa shape index (κ3) is 17.8. The van der Waals surface area contributed by atoms with Crippen molar-refractivity contribution in [3.63, 3.8) is 0 Å². The molecule has 0 aliphatic rings. The Morgan fingerprint density at radius 1 is 0.640 bits per heavy atom. The first kappa shape index (κ1) is 30.4. The molecule has 0 heterocycles. The molecule has 0 amide bonds.